The number of rotatable bonds is 6. The van der Waals surface area contributed by atoms with E-state index in [0.717, 1.165) is 11.3 Å². The van der Waals surface area contributed by atoms with Crippen LogP contribution in [0, 0.1) is 5.92 Å². The van der Waals surface area contributed by atoms with Crippen LogP contribution in [0.5, 0.6) is 17.2 Å². The zero-order valence-electron chi connectivity index (χ0n) is 19.3. The summed E-state index contributed by atoms with van der Waals surface area (Å²) < 4.78 is 21.6. The van der Waals surface area contributed by atoms with Crippen molar-refractivity contribution in [2.75, 3.05) is 52.5 Å². The van der Waals surface area contributed by atoms with E-state index in [1.165, 1.54) is 0 Å². The van der Waals surface area contributed by atoms with Gasteiger partial charge in [-0.25, -0.2) is 0 Å². The first-order valence-electron chi connectivity index (χ1n) is 11.1. The Morgan fingerprint density at radius 3 is 2.27 bits per heavy atom. The van der Waals surface area contributed by atoms with E-state index in [2.05, 4.69) is 0 Å². The quantitative estimate of drug-likeness (QED) is 0.668. The molecule has 33 heavy (non-hydrogen) atoms. The molecule has 2 fully saturated rings. The zero-order chi connectivity index (χ0) is 23.4. The van der Waals surface area contributed by atoms with Crippen molar-refractivity contribution in [2.24, 2.45) is 5.92 Å². The third-order valence-electron chi connectivity index (χ3n) is 6.34. The Balaban J connectivity index is 1.78. The fourth-order valence-corrected chi connectivity index (χ4v) is 4.63. The van der Waals surface area contributed by atoms with Gasteiger partial charge in [-0.3, -0.25) is 9.59 Å². The number of benzene rings is 2. The van der Waals surface area contributed by atoms with Gasteiger partial charge in [0.15, 0.2) is 11.5 Å². The van der Waals surface area contributed by atoms with Gasteiger partial charge in [-0.15, -0.1) is 0 Å². The van der Waals surface area contributed by atoms with Crippen LogP contribution in [0.4, 0.5) is 5.69 Å². The lowest BCUT2D eigenvalue weighted by molar-refractivity contribution is -0.142. The third kappa shape index (κ3) is 4.61. The molecule has 0 radical (unpaired) electrons. The molecular formula is C25H30N2O6. The molecule has 2 heterocycles. The Kier molecular flexibility index (Phi) is 7.03. The van der Waals surface area contributed by atoms with Crippen LogP contribution in [0.25, 0.3) is 0 Å². The van der Waals surface area contributed by atoms with E-state index >= 15 is 0 Å². The zero-order valence-corrected chi connectivity index (χ0v) is 19.3. The second-order valence-electron chi connectivity index (χ2n) is 8.10. The van der Waals surface area contributed by atoms with Gasteiger partial charge >= 0.3 is 0 Å². The molecule has 0 N–H and O–H groups in total. The molecular weight excluding hydrogens is 424 g/mol. The Morgan fingerprint density at radius 2 is 1.64 bits per heavy atom. The molecule has 2 aromatic carbocycles. The topological polar surface area (TPSA) is 77.5 Å². The number of carbonyl (C=O) groups is 2. The van der Waals surface area contributed by atoms with Crippen molar-refractivity contribution in [3.63, 3.8) is 0 Å². The standard InChI is InChI=1S/C25H30N2O6/c1-30-19-7-5-18(6-8-19)27-23(28)11-9-20(25(29)26-12-14-33-15-13-26)24(27)17-4-10-21(31-2)22(16-17)32-3/h4-8,10,16,20,24H,9,11-15H2,1-3H3/t20-,24-/m1/s1. The fraction of sp³-hybridized carbons (Fsp3) is 0.440. The monoisotopic (exact) mass is 454 g/mol. The minimum absolute atomic E-state index is 0.0222. The second-order valence-corrected chi connectivity index (χ2v) is 8.10. The molecule has 0 unspecified atom stereocenters. The molecule has 8 heteroatoms. The van der Waals surface area contributed by atoms with Gasteiger partial charge in [0.2, 0.25) is 11.8 Å². The van der Waals surface area contributed by atoms with Crippen LogP contribution >= 0.6 is 0 Å². The van der Waals surface area contributed by atoms with E-state index in [9.17, 15) is 9.59 Å². The van der Waals surface area contributed by atoms with Gasteiger partial charge < -0.3 is 28.7 Å². The van der Waals surface area contributed by atoms with Gasteiger partial charge in [0.05, 0.1) is 46.5 Å². The number of piperidine rings is 1. The SMILES string of the molecule is COc1ccc(N2C(=O)CC[C@@H](C(=O)N3CCOCC3)[C@H]2c2ccc(OC)c(OC)c2)cc1. The molecule has 2 aliphatic heterocycles. The number of carbonyl (C=O) groups excluding carboxylic acids is 2. The van der Waals surface area contributed by atoms with Crippen molar-refractivity contribution in [3.05, 3.63) is 48.0 Å². The van der Waals surface area contributed by atoms with Crippen LogP contribution in [-0.2, 0) is 14.3 Å². The van der Waals surface area contributed by atoms with Gasteiger partial charge in [-0.05, 0) is 48.4 Å². The van der Waals surface area contributed by atoms with Gasteiger partial charge in [-0.2, -0.15) is 0 Å². The van der Waals surface area contributed by atoms with Crippen molar-refractivity contribution in [3.8, 4) is 17.2 Å². The summed E-state index contributed by atoms with van der Waals surface area (Å²) in [7, 11) is 4.76. The van der Waals surface area contributed by atoms with Gasteiger partial charge in [0.1, 0.15) is 5.75 Å². The first-order valence-corrected chi connectivity index (χ1v) is 11.1. The Morgan fingerprint density at radius 1 is 0.939 bits per heavy atom. The number of anilines is 1. The lowest BCUT2D eigenvalue weighted by atomic mass is 9.82. The molecule has 2 saturated heterocycles. The summed E-state index contributed by atoms with van der Waals surface area (Å²) in [5.74, 6) is 1.48. The highest BCUT2D eigenvalue weighted by Crippen LogP contribution is 2.43. The Bertz CT molecular complexity index is 987. The summed E-state index contributed by atoms with van der Waals surface area (Å²) in [6.07, 6.45) is 0.789. The molecule has 2 aromatic rings. The summed E-state index contributed by atoms with van der Waals surface area (Å²) in [5.41, 5.74) is 1.54. The molecule has 0 spiro atoms. The number of hydrogen-bond acceptors (Lipinski definition) is 6. The highest BCUT2D eigenvalue weighted by Gasteiger charge is 2.43. The first kappa shape index (κ1) is 22.9. The number of ether oxygens (including phenoxy) is 4. The van der Waals surface area contributed by atoms with E-state index in [1.54, 1.807) is 26.2 Å². The van der Waals surface area contributed by atoms with Gasteiger partial charge in [0.25, 0.3) is 0 Å². The normalized spacial score (nSPS) is 21.0. The molecule has 176 valence electrons. The number of hydrogen-bond donors (Lipinski definition) is 0. The largest absolute Gasteiger partial charge is 0.497 e. The lowest BCUT2D eigenvalue weighted by Gasteiger charge is -2.43. The highest BCUT2D eigenvalue weighted by atomic mass is 16.5. The maximum Gasteiger partial charge on any atom is 0.228 e. The van der Waals surface area contributed by atoms with Crippen LogP contribution < -0.4 is 19.1 Å². The fourth-order valence-electron chi connectivity index (χ4n) is 4.63. The summed E-state index contributed by atoms with van der Waals surface area (Å²) in [6.45, 7) is 2.18. The maximum absolute atomic E-state index is 13.7. The van der Waals surface area contributed by atoms with Crippen LogP contribution in [-0.4, -0.2) is 64.3 Å². The average molecular weight is 455 g/mol. The van der Waals surface area contributed by atoms with Crippen molar-refractivity contribution >= 4 is 17.5 Å². The van der Waals surface area contributed by atoms with Crippen LogP contribution in [0.15, 0.2) is 42.5 Å². The molecule has 0 saturated carbocycles. The molecule has 4 rings (SSSR count). The van der Waals surface area contributed by atoms with E-state index < -0.39 is 6.04 Å². The number of nitrogens with zero attached hydrogens (tertiary/aromatic N) is 2. The van der Waals surface area contributed by atoms with Crippen molar-refractivity contribution in [2.45, 2.75) is 18.9 Å². The summed E-state index contributed by atoms with van der Waals surface area (Å²) >= 11 is 0. The minimum atomic E-state index is -0.477. The third-order valence-corrected chi connectivity index (χ3v) is 6.34. The molecule has 8 nitrogen and oxygen atoms in total. The highest BCUT2D eigenvalue weighted by molar-refractivity contribution is 5.97. The van der Waals surface area contributed by atoms with E-state index in [1.807, 2.05) is 47.4 Å². The van der Waals surface area contributed by atoms with E-state index in [4.69, 9.17) is 18.9 Å². The van der Waals surface area contributed by atoms with Gasteiger partial charge in [0, 0.05) is 25.2 Å². The first-order chi connectivity index (χ1) is 16.1. The Labute approximate surface area is 194 Å². The maximum atomic E-state index is 13.7. The van der Waals surface area contributed by atoms with E-state index in [0.29, 0.717) is 56.4 Å². The molecule has 0 aromatic heterocycles. The predicted octanol–water partition coefficient (Wildman–Crippen LogP) is 3.06. The number of morpholine rings is 1. The number of methoxy groups -OCH3 is 3. The molecule has 2 aliphatic rings. The lowest BCUT2D eigenvalue weighted by Crippen LogP contribution is -2.51. The van der Waals surface area contributed by atoms with Crippen molar-refractivity contribution in [1.29, 1.82) is 0 Å². The van der Waals surface area contributed by atoms with E-state index in [-0.39, 0.29) is 17.7 Å². The molecule has 0 bridgehead atoms. The summed E-state index contributed by atoms with van der Waals surface area (Å²) in [6, 6.07) is 12.4. The van der Waals surface area contributed by atoms with Crippen LogP contribution in [0.1, 0.15) is 24.4 Å². The van der Waals surface area contributed by atoms with Crippen LogP contribution in [0.2, 0.25) is 0 Å². The van der Waals surface area contributed by atoms with Gasteiger partial charge in [-0.1, -0.05) is 6.07 Å². The average Bonchev–Trinajstić information content (AvgIpc) is 2.88. The summed E-state index contributed by atoms with van der Waals surface area (Å²) in [4.78, 5) is 30.5. The predicted molar refractivity (Wildman–Crippen MR) is 123 cm³/mol. The minimum Gasteiger partial charge on any atom is -0.497 e. The van der Waals surface area contributed by atoms with Crippen molar-refractivity contribution < 1.29 is 28.5 Å². The molecule has 2 atom stereocenters. The van der Waals surface area contributed by atoms with Crippen LogP contribution in [0.3, 0.4) is 0 Å². The van der Waals surface area contributed by atoms with Crippen molar-refractivity contribution in [1.82, 2.24) is 4.90 Å². The summed E-state index contributed by atoms with van der Waals surface area (Å²) in [5, 5.41) is 0. The number of amides is 2. The molecule has 2 amide bonds. The molecule has 0 aliphatic carbocycles. The second kappa shape index (κ2) is 10.1. The Hall–Kier alpha value is -3.26. The smallest absolute Gasteiger partial charge is 0.228 e.